The standard InChI is InChI=1S/C13H15ClN2O2/c1-10-15-6-7-16(10)8-12(17)9-18-13-4-2-11(14)3-5-13/h2-7,12,17H,8-9H2,1H3/t12-/m1/s1. The molecule has 1 N–H and O–H groups in total. The SMILES string of the molecule is Cc1nccn1C[C@@H](O)COc1ccc(Cl)cc1. The molecule has 2 aromatic rings. The van der Waals surface area contributed by atoms with Crippen molar-refractivity contribution in [2.75, 3.05) is 6.61 Å². The number of ether oxygens (including phenoxy) is 1. The minimum absolute atomic E-state index is 0.235. The summed E-state index contributed by atoms with van der Waals surface area (Å²) in [5.41, 5.74) is 0. The van der Waals surface area contributed by atoms with Gasteiger partial charge in [0.2, 0.25) is 0 Å². The van der Waals surface area contributed by atoms with E-state index >= 15 is 0 Å². The summed E-state index contributed by atoms with van der Waals surface area (Å²) in [6.45, 7) is 2.60. The summed E-state index contributed by atoms with van der Waals surface area (Å²) in [5, 5.41) is 10.5. The quantitative estimate of drug-likeness (QED) is 0.903. The lowest BCUT2D eigenvalue weighted by Crippen LogP contribution is -2.23. The number of imidazole rings is 1. The molecule has 0 aliphatic carbocycles. The molecule has 0 fully saturated rings. The van der Waals surface area contributed by atoms with Crippen LogP contribution in [-0.4, -0.2) is 27.4 Å². The predicted octanol–water partition coefficient (Wildman–Crippen LogP) is 2.28. The first-order chi connectivity index (χ1) is 8.65. The molecule has 5 heteroatoms. The van der Waals surface area contributed by atoms with Crippen LogP contribution in [0.5, 0.6) is 5.75 Å². The second-order valence-electron chi connectivity index (χ2n) is 4.05. The highest BCUT2D eigenvalue weighted by Gasteiger charge is 2.07. The number of aryl methyl sites for hydroxylation is 1. The van der Waals surface area contributed by atoms with E-state index in [4.69, 9.17) is 16.3 Å². The number of aromatic nitrogens is 2. The van der Waals surface area contributed by atoms with Crippen LogP contribution in [0.25, 0.3) is 0 Å². The van der Waals surface area contributed by atoms with E-state index in [1.807, 2.05) is 17.7 Å². The van der Waals surface area contributed by atoms with Gasteiger partial charge >= 0.3 is 0 Å². The van der Waals surface area contributed by atoms with Gasteiger partial charge in [0.05, 0.1) is 6.54 Å². The van der Waals surface area contributed by atoms with E-state index in [1.165, 1.54) is 0 Å². The molecule has 0 aliphatic rings. The van der Waals surface area contributed by atoms with Crippen molar-refractivity contribution in [1.29, 1.82) is 0 Å². The normalized spacial score (nSPS) is 12.4. The highest BCUT2D eigenvalue weighted by molar-refractivity contribution is 6.30. The summed E-state index contributed by atoms with van der Waals surface area (Å²) < 4.78 is 7.35. The van der Waals surface area contributed by atoms with Gasteiger partial charge < -0.3 is 14.4 Å². The van der Waals surface area contributed by atoms with Crippen LogP contribution in [0.1, 0.15) is 5.82 Å². The molecule has 0 saturated carbocycles. The van der Waals surface area contributed by atoms with E-state index in [2.05, 4.69) is 4.98 Å². The van der Waals surface area contributed by atoms with Gasteiger partial charge in [-0.1, -0.05) is 11.6 Å². The van der Waals surface area contributed by atoms with E-state index < -0.39 is 6.10 Å². The Bertz CT molecular complexity index is 496. The van der Waals surface area contributed by atoms with Crippen LogP contribution in [0, 0.1) is 6.92 Å². The van der Waals surface area contributed by atoms with Crippen LogP contribution in [0.2, 0.25) is 5.02 Å². The second-order valence-corrected chi connectivity index (χ2v) is 4.48. The Hall–Kier alpha value is -1.52. The zero-order chi connectivity index (χ0) is 13.0. The number of benzene rings is 1. The smallest absolute Gasteiger partial charge is 0.119 e. The molecule has 0 unspecified atom stereocenters. The maximum atomic E-state index is 9.86. The maximum absolute atomic E-state index is 9.86. The van der Waals surface area contributed by atoms with Gasteiger partial charge in [-0.2, -0.15) is 0 Å². The molecule has 0 aliphatic heterocycles. The first-order valence-corrected chi connectivity index (χ1v) is 6.07. The monoisotopic (exact) mass is 266 g/mol. The average molecular weight is 267 g/mol. The number of aliphatic hydroxyl groups excluding tert-OH is 1. The van der Waals surface area contributed by atoms with E-state index in [-0.39, 0.29) is 6.61 Å². The minimum atomic E-state index is -0.575. The zero-order valence-electron chi connectivity index (χ0n) is 10.1. The Morgan fingerprint density at radius 2 is 2.11 bits per heavy atom. The number of hydrogen-bond acceptors (Lipinski definition) is 3. The lowest BCUT2D eigenvalue weighted by molar-refractivity contribution is 0.0919. The average Bonchev–Trinajstić information content (AvgIpc) is 2.74. The van der Waals surface area contributed by atoms with Crippen LogP contribution in [0.15, 0.2) is 36.7 Å². The van der Waals surface area contributed by atoms with Crippen molar-refractivity contribution in [3.63, 3.8) is 0 Å². The van der Waals surface area contributed by atoms with Gasteiger partial charge in [-0.3, -0.25) is 0 Å². The molecule has 0 saturated heterocycles. The molecule has 0 radical (unpaired) electrons. The maximum Gasteiger partial charge on any atom is 0.119 e. The van der Waals surface area contributed by atoms with Gasteiger partial charge in [0, 0.05) is 17.4 Å². The van der Waals surface area contributed by atoms with E-state index in [9.17, 15) is 5.11 Å². The third kappa shape index (κ3) is 3.48. The molecular weight excluding hydrogens is 252 g/mol. The molecule has 4 nitrogen and oxygen atoms in total. The molecule has 0 spiro atoms. The zero-order valence-corrected chi connectivity index (χ0v) is 10.8. The summed E-state index contributed by atoms with van der Waals surface area (Å²) in [7, 11) is 0. The van der Waals surface area contributed by atoms with Crippen molar-refractivity contribution in [2.24, 2.45) is 0 Å². The van der Waals surface area contributed by atoms with Crippen LogP contribution in [-0.2, 0) is 6.54 Å². The Morgan fingerprint density at radius 1 is 1.39 bits per heavy atom. The molecular formula is C13H15ClN2O2. The summed E-state index contributed by atoms with van der Waals surface area (Å²) >= 11 is 5.77. The summed E-state index contributed by atoms with van der Waals surface area (Å²) in [5.74, 6) is 1.57. The summed E-state index contributed by atoms with van der Waals surface area (Å²) in [6.07, 6.45) is 2.97. The topological polar surface area (TPSA) is 47.3 Å². The fraction of sp³-hybridized carbons (Fsp3) is 0.308. The second kappa shape index (κ2) is 5.89. The number of nitrogens with zero attached hydrogens (tertiary/aromatic N) is 2. The fourth-order valence-electron chi connectivity index (χ4n) is 1.60. The molecule has 0 amide bonds. The van der Waals surface area contributed by atoms with Crippen LogP contribution in [0.3, 0.4) is 0 Å². The molecule has 1 aromatic heterocycles. The molecule has 1 aromatic carbocycles. The van der Waals surface area contributed by atoms with Crippen molar-refractivity contribution >= 4 is 11.6 Å². The van der Waals surface area contributed by atoms with E-state index in [1.54, 1.807) is 30.5 Å². The van der Waals surface area contributed by atoms with Gasteiger partial charge in [0.25, 0.3) is 0 Å². The third-order valence-corrected chi connectivity index (χ3v) is 2.84. The Balaban J connectivity index is 1.83. The Morgan fingerprint density at radius 3 is 2.72 bits per heavy atom. The van der Waals surface area contributed by atoms with Crippen LogP contribution >= 0.6 is 11.6 Å². The summed E-state index contributed by atoms with van der Waals surface area (Å²) in [4.78, 5) is 4.09. The first kappa shape index (κ1) is 12.9. The Labute approximate surface area is 111 Å². The van der Waals surface area contributed by atoms with Crippen molar-refractivity contribution in [3.05, 3.63) is 47.5 Å². The number of aliphatic hydroxyl groups is 1. The largest absolute Gasteiger partial charge is 0.491 e. The lowest BCUT2D eigenvalue weighted by Gasteiger charge is -2.13. The summed E-state index contributed by atoms with van der Waals surface area (Å²) in [6, 6.07) is 7.06. The van der Waals surface area contributed by atoms with Gasteiger partial charge in [-0.05, 0) is 31.2 Å². The number of rotatable bonds is 5. The Kier molecular flexibility index (Phi) is 4.23. The van der Waals surface area contributed by atoms with Gasteiger partial charge in [-0.25, -0.2) is 4.98 Å². The van der Waals surface area contributed by atoms with Crippen molar-refractivity contribution in [1.82, 2.24) is 9.55 Å². The van der Waals surface area contributed by atoms with E-state index in [0.717, 1.165) is 5.82 Å². The molecule has 0 bridgehead atoms. The fourth-order valence-corrected chi connectivity index (χ4v) is 1.73. The lowest BCUT2D eigenvalue weighted by atomic mass is 10.3. The molecule has 2 rings (SSSR count). The predicted molar refractivity (Wildman–Crippen MR) is 69.9 cm³/mol. The number of halogens is 1. The molecule has 1 heterocycles. The highest BCUT2D eigenvalue weighted by Crippen LogP contribution is 2.15. The van der Waals surface area contributed by atoms with Crippen LogP contribution < -0.4 is 4.74 Å². The molecule has 18 heavy (non-hydrogen) atoms. The van der Waals surface area contributed by atoms with E-state index in [0.29, 0.717) is 17.3 Å². The minimum Gasteiger partial charge on any atom is -0.491 e. The van der Waals surface area contributed by atoms with Crippen LogP contribution in [0.4, 0.5) is 0 Å². The third-order valence-electron chi connectivity index (χ3n) is 2.59. The highest BCUT2D eigenvalue weighted by atomic mass is 35.5. The first-order valence-electron chi connectivity index (χ1n) is 5.69. The van der Waals surface area contributed by atoms with Crippen molar-refractivity contribution < 1.29 is 9.84 Å². The van der Waals surface area contributed by atoms with Crippen molar-refractivity contribution in [2.45, 2.75) is 19.6 Å². The van der Waals surface area contributed by atoms with Gasteiger partial charge in [0.15, 0.2) is 0 Å². The van der Waals surface area contributed by atoms with Gasteiger partial charge in [0.1, 0.15) is 24.3 Å². The van der Waals surface area contributed by atoms with Crippen molar-refractivity contribution in [3.8, 4) is 5.75 Å². The van der Waals surface area contributed by atoms with Gasteiger partial charge in [-0.15, -0.1) is 0 Å². The molecule has 96 valence electrons. The number of hydrogen-bond donors (Lipinski definition) is 1. The molecule has 1 atom stereocenters.